The van der Waals surface area contributed by atoms with Gasteiger partial charge in [-0.15, -0.1) is 0 Å². The lowest BCUT2D eigenvalue weighted by Gasteiger charge is -2.21. The standard InChI is InChI=1S/C34H33N3O/c1-22(2)26-15-11-16-27(23(3)4)33(26)36-21-32(35-34(36)24-12-7-6-8-13-24)37-30-17-10-9-14-28(30)29-19-18-25(38-5)20-31(29)37/h6-23H,1-5H3. The average molecular weight is 500 g/mol. The third-order valence-electron chi connectivity index (χ3n) is 7.42. The van der Waals surface area contributed by atoms with Gasteiger partial charge in [-0.05, 0) is 41.2 Å². The quantitative estimate of drug-likeness (QED) is 0.229. The van der Waals surface area contributed by atoms with Crippen LogP contribution in [0.3, 0.4) is 0 Å². The van der Waals surface area contributed by atoms with E-state index in [1.165, 1.54) is 27.6 Å². The van der Waals surface area contributed by atoms with E-state index in [-0.39, 0.29) is 0 Å². The molecule has 6 aromatic rings. The first-order valence-electron chi connectivity index (χ1n) is 13.3. The molecule has 2 aromatic heterocycles. The van der Waals surface area contributed by atoms with Crippen molar-refractivity contribution in [1.29, 1.82) is 0 Å². The molecule has 38 heavy (non-hydrogen) atoms. The lowest BCUT2D eigenvalue weighted by atomic mass is 9.92. The molecule has 0 aliphatic heterocycles. The number of benzene rings is 4. The predicted molar refractivity (Wildman–Crippen MR) is 158 cm³/mol. The van der Waals surface area contributed by atoms with Crippen molar-refractivity contribution in [1.82, 2.24) is 14.1 Å². The van der Waals surface area contributed by atoms with E-state index in [9.17, 15) is 0 Å². The fraction of sp³-hybridized carbons (Fsp3) is 0.206. The molecule has 4 heteroatoms. The summed E-state index contributed by atoms with van der Waals surface area (Å²) in [5.74, 6) is 3.39. The Bertz CT molecular complexity index is 1730. The van der Waals surface area contributed by atoms with Gasteiger partial charge in [0.15, 0.2) is 5.82 Å². The van der Waals surface area contributed by atoms with E-state index in [0.29, 0.717) is 11.8 Å². The molecule has 0 aliphatic rings. The van der Waals surface area contributed by atoms with Crippen molar-refractivity contribution in [2.45, 2.75) is 39.5 Å². The number of methoxy groups -OCH3 is 1. The molecule has 2 heterocycles. The number of ether oxygens (including phenoxy) is 1. The van der Waals surface area contributed by atoms with Gasteiger partial charge in [0, 0.05) is 22.4 Å². The second kappa shape index (κ2) is 9.53. The molecule has 0 amide bonds. The third-order valence-corrected chi connectivity index (χ3v) is 7.42. The Morgan fingerprint density at radius 1 is 0.684 bits per heavy atom. The van der Waals surface area contributed by atoms with Crippen LogP contribution in [0.25, 0.3) is 44.7 Å². The van der Waals surface area contributed by atoms with Crippen LogP contribution in [-0.2, 0) is 0 Å². The van der Waals surface area contributed by atoms with Gasteiger partial charge >= 0.3 is 0 Å². The van der Waals surface area contributed by atoms with Crippen molar-refractivity contribution in [3.05, 3.63) is 108 Å². The number of fused-ring (bicyclic) bond motifs is 3. The van der Waals surface area contributed by atoms with Crippen LogP contribution in [0.5, 0.6) is 5.75 Å². The molecular weight excluding hydrogens is 466 g/mol. The molecule has 0 saturated carbocycles. The van der Waals surface area contributed by atoms with Crippen LogP contribution in [0.1, 0.15) is 50.7 Å². The van der Waals surface area contributed by atoms with Crippen molar-refractivity contribution in [2.24, 2.45) is 0 Å². The Balaban J connectivity index is 1.72. The van der Waals surface area contributed by atoms with Gasteiger partial charge in [-0.2, -0.15) is 0 Å². The van der Waals surface area contributed by atoms with Gasteiger partial charge in [-0.3, -0.25) is 9.13 Å². The van der Waals surface area contributed by atoms with Crippen molar-refractivity contribution in [2.75, 3.05) is 7.11 Å². The molecule has 0 aliphatic carbocycles. The minimum absolute atomic E-state index is 0.371. The summed E-state index contributed by atoms with van der Waals surface area (Å²) in [6.45, 7) is 9.06. The Hall–Kier alpha value is -4.31. The Morgan fingerprint density at radius 3 is 2.03 bits per heavy atom. The molecule has 0 unspecified atom stereocenters. The van der Waals surface area contributed by atoms with Gasteiger partial charge < -0.3 is 4.74 Å². The number of rotatable bonds is 6. The van der Waals surface area contributed by atoms with Crippen LogP contribution in [0, 0.1) is 0 Å². The summed E-state index contributed by atoms with van der Waals surface area (Å²) in [7, 11) is 1.71. The maximum atomic E-state index is 5.62. The van der Waals surface area contributed by atoms with Crippen LogP contribution in [-0.4, -0.2) is 21.2 Å². The molecule has 4 nitrogen and oxygen atoms in total. The molecule has 0 atom stereocenters. The fourth-order valence-corrected chi connectivity index (χ4v) is 5.55. The van der Waals surface area contributed by atoms with Crippen LogP contribution < -0.4 is 4.74 Å². The van der Waals surface area contributed by atoms with Gasteiger partial charge in [-0.1, -0.05) is 94.4 Å². The van der Waals surface area contributed by atoms with Gasteiger partial charge in [-0.25, -0.2) is 4.98 Å². The minimum atomic E-state index is 0.371. The van der Waals surface area contributed by atoms with Gasteiger partial charge in [0.05, 0.1) is 30.0 Å². The Kier molecular flexibility index (Phi) is 6.03. The van der Waals surface area contributed by atoms with E-state index in [0.717, 1.165) is 34.0 Å². The first-order chi connectivity index (χ1) is 18.5. The molecule has 0 bridgehead atoms. The summed E-state index contributed by atoms with van der Waals surface area (Å²) in [5.41, 5.74) is 7.17. The summed E-state index contributed by atoms with van der Waals surface area (Å²) < 4.78 is 10.2. The van der Waals surface area contributed by atoms with Crippen LogP contribution >= 0.6 is 0 Å². The van der Waals surface area contributed by atoms with Gasteiger partial charge in [0.1, 0.15) is 11.6 Å². The summed E-state index contributed by atoms with van der Waals surface area (Å²) in [6.07, 6.45) is 2.21. The molecule has 190 valence electrons. The second-order valence-electron chi connectivity index (χ2n) is 10.5. The summed E-state index contributed by atoms with van der Waals surface area (Å²) in [4.78, 5) is 5.34. The highest BCUT2D eigenvalue weighted by Crippen LogP contribution is 2.38. The molecule has 0 saturated heterocycles. The molecule has 4 aromatic carbocycles. The van der Waals surface area contributed by atoms with Gasteiger partial charge in [0.2, 0.25) is 0 Å². The van der Waals surface area contributed by atoms with E-state index in [1.807, 2.05) is 6.07 Å². The summed E-state index contributed by atoms with van der Waals surface area (Å²) in [5, 5.41) is 2.38. The zero-order chi connectivity index (χ0) is 26.4. The third kappa shape index (κ3) is 3.88. The zero-order valence-electron chi connectivity index (χ0n) is 22.6. The highest BCUT2D eigenvalue weighted by Gasteiger charge is 2.22. The topological polar surface area (TPSA) is 32.0 Å². The van der Waals surface area contributed by atoms with Crippen LogP contribution in [0.4, 0.5) is 0 Å². The maximum Gasteiger partial charge on any atom is 0.156 e. The van der Waals surface area contributed by atoms with E-state index >= 15 is 0 Å². The monoisotopic (exact) mass is 499 g/mol. The maximum absolute atomic E-state index is 5.62. The van der Waals surface area contributed by atoms with Crippen LogP contribution in [0.2, 0.25) is 0 Å². The van der Waals surface area contributed by atoms with E-state index in [2.05, 4.69) is 128 Å². The minimum Gasteiger partial charge on any atom is -0.497 e. The van der Waals surface area contributed by atoms with E-state index < -0.39 is 0 Å². The number of imidazole rings is 1. The fourth-order valence-electron chi connectivity index (χ4n) is 5.55. The first-order valence-corrected chi connectivity index (χ1v) is 13.3. The van der Waals surface area contributed by atoms with Gasteiger partial charge in [0.25, 0.3) is 0 Å². The van der Waals surface area contributed by atoms with E-state index in [4.69, 9.17) is 9.72 Å². The smallest absolute Gasteiger partial charge is 0.156 e. The molecular formula is C34H33N3O. The van der Waals surface area contributed by atoms with E-state index in [1.54, 1.807) is 7.11 Å². The van der Waals surface area contributed by atoms with Crippen molar-refractivity contribution in [3.8, 4) is 28.6 Å². The lowest BCUT2D eigenvalue weighted by molar-refractivity contribution is 0.415. The summed E-state index contributed by atoms with van der Waals surface area (Å²) in [6, 6.07) is 32.0. The van der Waals surface area contributed by atoms with Crippen molar-refractivity contribution >= 4 is 21.8 Å². The Labute approximate surface area is 224 Å². The Morgan fingerprint density at radius 2 is 1.34 bits per heavy atom. The number of nitrogens with zero attached hydrogens (tertiary/aromatic N) is 3. The van der Waals surface area contributed by atoms with Crippen LogP contribution in [0.15, 0.2) is 97.2 Å². The molecule has 0 N–H and O–H groups in total. The zero-order valence-corrected chi connectivity index (χ0v) is 22.6. The highest BCUT2D eigenvalue weighted by molar-refractivity contribution is 6.09. The van der Waals surface area contributed by atoms with Crippen molar-refractivity contribution in [3.63, 3.8) is 0 Å². The largest absolute Gasteiger partial charge is 0.497 e. The summed E-state index contributed by atoms with van der Waals surface area (Å²) >= 11 is 0. The van der Waals surface area contributed by atoms with Crippen molar-refractivity contribution < 1.29 is 4.74 Å². The molecule has 0 fully saturated rings. The first kappa shape index (κ1) is 24.1. The number of hydrogen-bond donors (Lipinski definition) is 0. The number of aromatic nitrogens is 3. The molecule has 0 spiro atoms. The highest BCUT2D eigenvalue weighted by atomic mass is 16.5. The average Bonchev–Trinajstić information content (AvgIpc) is 3.51. The SMILES string of the molecule is COc1ccc2c3ccccc3n(-c3cn(-c4c(C(C)C)cccc4C(C)C)c(-c4ccccc4)n3)c2c1. The molecule has 0 radical (unpaired) electrons. The predicted octanol–water partition coefficient (Wildman–Crippen LogP) is 8.89. The number of para-hydroxylation sites is 2. The number of hydrogen-bond acceptors (Lipinski definition) is 2. The second-order valence-corrected chi connectivity index (χ2v) is 10.5. The lowest BCUT2D eigenvalue weighted by Crippen LogP contribution is -2.07. The molecule has 6 rings (SSSR count). The normalized spacial score (nSPS) is 11.8.